The van der Waals surface area contributed by atoms with Gasteiger partial charge in [-0.3, -0.25) is 19.7 Å². The van der Waals surface area contributed by atoms with Crippen molar-refractivity contribution in [2.45, 2.75) is 20.8 Å². The number of hydrazone groups is 1. The Labute approximate surface area is 150 Å². The highest BCUT2D eigenvalue weighted by atomic mass is 16.6. The number of carbonyl (C=O) groups excluding carboxylic acids is 2. The minimum atomic E-state index is -0.935. The first kappa shape index (κ1) is 18.8. The van der Waals surface area contributed by atoms with Crippen LogP contribution in [-0.4, -0.2) is 22.4 Å². The number of amides is 2. The number of non-ortho nitro benzene ring substituents is 1. The molecule has 2 aromatic carbocycles. The number of carbonyl (C=O) groups is 2. The van der Waals surface area contributed by atoms with E-state index in [9.17, 15) is 19.7 Å². The minimum Gasteiger partial charge on any atom is -0.317 e. The molecule has 134 valence electrons. The van der Waals surface area contributed by atoms with E-state index in [0.29, 0.717) is 17.0 Å². The van der Waals surface area contributed by atoms with Gasteiger partial charge in [0.15, 0.2) is 0 Å². The first-order chi connectivity index (χ1) is 12.3. The Hall–Kier alpha value is -3.55. The topological polar surface area (TPSA) is 114 Å². The minimum absolute atomic E-state index is 0.0871. The summed E-state index contributed by atoms with van der Waals surface area (Å²) in [5.74, 6) is -1.79. The maximum atomic E-state index is 12.0. The fraction of sp³-hybridized carbons (Fsp3) is 0.167. The highest BCUT2D eigenvalue weighted by Crippen LogP contribution is 2.16. The maximum Gasteiger partial charge on any atom is 0.329 e. The number of nitro benzene ring substituents is 1. The number of nitrogens with zero attached hydrogens (tertiary/aromatic N) is 2. The van der Waals surface area contributed by atoms with Crippen LogP contribution < -0.4 is 10.7 Å². The molecule has 8 heteroatoms. The molecule has 2 N–H and O–H groups in total. The van der Waals surface area contributed by atoms with E-state index < -0.39 is 16.7 Å². The van der Waals surface area contributed by atoms with Crippen molar-refractivity contribution in [2.24, 2.45) is 5.10 Å². The highest BCUT2D eigenvalue weighted by Gasteiger charge is 2.15. The fourth-order valence-corrected chi connectivity index (χ4v) is 2.23. The van der Waals surface area contributed by atoms with Gasteiger partial charge in [-0.2, -0.15) is 5.10 Å². The molecule has 0 aliphatic carbocycles. The molecule has 2 rings (SSSR count). The zero-order valence-corrected chi connectivity index (χ0v) is 14.6. The van der Waals surface area contributed by atoms with Crippen molar-refractivity contribution in [2.75, 3.05) is 5.32 Å². The van der Waals surface area contributed by atoms with Gasteiger partial charge in [-0.15, -0.1) is 0 Å². The smallest absolute Gasteiger partial charge is 0.317 e. The summed E-state index contributed by atoms with van der Waals surface area (Å²) in [6.07, 6.45) is 0. The highest BCUT2D eigenvalue weighted by molar-refractivity contribution is 6.39. The van der Waals surface area contributed by atoms with Crippen LogP contribution in [0.4, 0.5) is 11.4 Å². The molecule has 0 heterocycles. The predicted molar refractivity (Wildman–Crippen MR) is 98.0 cm³/mol. The number of nitro groups is 1. The van der Waals surface area contributed by atoms with Crippen LogP contribution >= 0.6 is 0 Å². The molecule has 0 fully saturated rings. The van der Waals surface area contributed by atoms with Gasteiger partial charge in [-0.05, 0) is 32.4 Å². The number of hydrogen-bond donors (Lipinski definition) is 2. The van der Waals surface area contributed by atoms with Crippen LogP contribution in [0, 0.1) is 24.0 Å². The monoisotopic (exact) mass is 354 g/mol. The van der Waals surface area contributed by atoms with Gasteiger partial charge < -0.3 is 5.32 Å². The van der Waals surface area contributed by atoms with Crippen LogP contribution in [0.3, 0.4) is 0 Å². The van der Waals surface area contributed by atoms with Gasteiger partial charge in [-0.1, -0.05) is 29.8 Å². The van der Waals surface area contributed by atoms with Gasteiger partial charge in [0.1, 0.15) is 0 Å². The molecule has 0 spiro atoms. The molecule has 26 heavy (non-hydrogen) atoms. The van der Waals surface area contributed by atoms with E-state index >= 15 is 0 Å². The second-order valence-electron chi connectivity index (χ2n) is 5.72. The molecule has 2 aromatic rings. The van der Waals surface area contributed by atoms with Gasteiger partial charge >= 0.3 is 11.8 Å². The number of nitrogens with one attached hydrogen (secondary N) is 2. The van der Waals surface area contributed by atoms with Crippen molar-refractivity contribution in [3.8, 4) is 0 Å². The SMILES string of the molecule is C/C(=N\NC(=O)C(=O)Nc1ccc(C)cc1C)c1cccc([N+](=O)[O-])c1. The van der Waals surface area contributed by atoms with Crippen molar-refractivity contribution >= 4 is 28.9 Å². The van der Waals surface area contributed by atoms with Crippen molar-refractivity contribution in [1.29, 1.82) is 0 Å². The van der Waals surface area contributed by atoms with E-state index in [1.165, 1.54) is 18.2 Å². The van der Waals surface area contributed by atoms with Crippen molar-refractivity contribution < 1.29 is 14.5 Å². The van der Waals surface area contributed by atoms with Crippen LogP contribution in [0.15, 0.2) is 47.6 Å². The first-order valence-electron chi connectivity index (χ1n) is 7.75. The number of rotatable bonds is 4. The number of aryl methyl sites for hydroxylation is 2. The third-order valence-corrected chi connectivity index (χ3v) is 3.64. The third kappa shape index (κ3) is 4.73. The van der Waals surface area contributed by atoms with Crippen LogP contribution in [0.5, 0.6) is 0 Å². The summed E-state index contributed by atoms with van der Waals surface area (Å²) >= 11 is 0. The largest absolute Gasteiger partial charge is 0.329 e. The Balaban J connectivity index is 2.04. The Kier molecular flexibility index (Phi) is 5.79. The van der Waals surface area contributed by atoms with E-state index in [1.807, 2.05) is 26.0 Å². The quantitative estimate of drug-likeness (QED) is 0.380. The summed E-state index contributed by atoms with van der Waals surface area (Å²) < 4.78 is 0. The van der Waals surface area contributed by atoms with E-state index in [1.54, 1.807) is 19.1 Å². The third-order valence-electron chi connectivity index (χ3n) is 3.64. The Morgan fingerprint density at radius 1 is 1.08 bits per heavy atom. The molecule has 0 saturated carbocycles. The van der Waals surface area contributed by atoms with Crippen molar-refractivity contribution in [3.05, 3.63) is 69.3 Å². The second-order valence-corrected chi connectivity index (χ2v) is 5.72. The molecule has 0 unspecified atom stereocenters. The van der Waals surface area contributed by atoms with E-state index in [4.69, 9.17) is 0 Å². The summed E-state index contributed by atoms with van der Waals surface area (Å²) in [6, 6.07) is 11.2. The first-order valence-corrected chi connectivity index (χ1v) is 7.75. The van der Waals surface area contributed by atoms with E-state index in [0.717, 1.165) is 11.1 Å². The molecule has 0 aromatic heterocycles. The lowest BCUT2D eigenvalue weighted by molar-refractivity contribution is -0.384. The van der Waals surface area contributed by atoms with E-state index in [2.05, 4.69) is 15.8 Å². The van der Waals surface area contributed by atoms with Crippen molar-refractivity contribution in [1.82, 2.24) is 5.43 Å². The average molecular weight is 354 g/mol. The summed E-state index contributed by atoms with van der Waals surface area (Å²) in [7, 11) is 0. The molecule has 0 atom stereocenters. The van der Waals surface area contributed by atoms with Gasteiger partial charge in [0.2, 0.25) is 0 Å². The zero-order chi connectivity index (χ0) is 19.3. The summed E-state index contributed by atoms with van der Waals surface area (Å²) in [4.78, 5) is 34.1. The van der Waals surface area contributed by atoms with Gasteiger partial charge in [0.05, 0.1) is 10.6 Å². The molecule has 0 aliphatic heterocycles. The molecule has 0 saturated heterocycles. The Morgan fingerprint density at radius 2 is 1.81 bits per heavy atom. The van der Waals surface area contributed by atoms with Crippen LogP contribution in [0.2, 0.25) is 0 Å². The van der Waals surface area contributed by atoms with Crippen molar-refractivity contribution in [3.63, 3.8) is 0 Å². The molecule has 2 amide bonds. The lowest BCUT2D eigenvalue weighted by Crippen LogP contribution is -2.33. The van der Waals surface area contributed by atoms with Gasteiger partial charge in [0, 0.05) is 23.4 Å². The van der Waals surface area contributed by atoms with Crippen LogP contribution in [-0.2, 0) is 9.59 Å². The second kappa shape index (κ2) is 8.02. The molecule has 0 radical (unpaired) electrons. The lowest BCUT2D eigenvalue weighted by Gasteiger charge is -2.08. The van der Waals surface area contributed by atoms with Gasteiger partial charge in [-0.25, -0.2) is 5.43 Å². The number of anilines is 1. The fourth-order valence-electron chi connectivity index (χ4n) is 2.23. The maximum absolute atomic E-state index is 12.0. The summed E-state index contributed by atoms with van der Waals surface area (Å²) in [5, 5.41) is 17.1. The normalized spacial score (nSPS) is 11.0. The van der Waals surface area contributed by atoms with Crippen LogP contribution in [0.1, 0.15) is 23.6 Å². The number of benzene rings is 2. The zero-order valence-electron chi connectivity index (χ0n) is 14.6. The molecule has 0 bridgehead atoms. The standard InChI is InChI=1S/C18H18N4O4/c1-11-7-8-16(12(2)9-11)19-17(23)18(24)21-20-13(3)14-5-4-6-15(10-14)22(25)26/h4-10H,1-3H3,(H,19,23)(H,21,24)/b20-13+. The molecule has 8 nitrogen and oxygen atoms in total. The molecular formula is C18H18N4O4. The predicted octanol–water partition coefficient (Wildman–Crippen LogP) is 2.69. The Bertz CT molecular complexity index is 906. The van der Waals surface area contributed by atoms with Crippen LogP contribution in [0.25, 0.3) is 0 Å². The average Bonchev–Trinajstić information content (AvgIpc) is 2.61. The Morgan fingerprint density at radius 3 is 2.46 bits per heavy atom. The lowest BCUT2D eigenvalue weighted by atomic mass is 10.1. The molecule has 0 aliphatic rings. The summed E-state index contributed by atoms with van der Waals surface area (Å²) in [5.41, 5.74) is 5.28. The van der Waals surface area contributed by atoms with E-state index in [-0.39, 0.29) is 5.69 Å². The summed E-state index contributed by atoms with van der Waals surface area (Å²) in [6.45, 7) is 5.32. The van der Waals surface area contributed by atoms with Gasteiger partial charge in [0.25, 0.3) is 5.69 Å². The number of hydrogen-bond acceptors (Lipinski definition) is 5. The molecular weight excluding hydrogens is 336 g/mol.